The van der Waals surface area contributed by atoms with Crippen LogP contribution in [0.2, 0.25) is 5.02 Å². The Hall–Kier alpha value is -1.61. The second-order valence-electron chi connectivity index (χ2n) is 5.05. The van der Waals surface area contributed by atoms with Gasteiger partial charge in [-0.2, -0.15) is 0 Å². The molecule has 0 bridgehead atoms. The van der Waals surface area contributed by atoms with Gasteiger partial charge in [-0.1, -0.05) is 25.4 Å². The maximum Gasteiger partial charge on any atom is 0.0589 e. The highest BCUT2D eigenvalue weighted by molar-refractivity contribution is 6.31. The van der Waals surface area contributed by atoms with Crippen molar-refractivity contribution in [2.75, 3.05) is 17.6 Å². The molecule has 0 saturated carbocycles. The smallest absolute Gasteiger partial charge is 0.0589 e. The maximum atomic E-state index is 5.96. The van der Waals surface area contributed by atoms with Crippen LogP contribution >= 0.6 is 11.6 Å². The van der Waals surface area contributed by atoms with Gasteiger partial charge >= 0.3 is 0 Å². The van der Waals surface area contributed by atoms with Crippen LogP contribution in [0.4, 0.5) is 11.4 Å². The number of nitrogens with one attached hydrogen (secondary N) is 2. The highest BCUT2D eigenvalue weighted by Gasteiger charge is 2.21. The number of halogens is 1. The van der Waals surface area contributed by atoms with E-state index in [1.54, 1.807) is 6.07 Å². The molecule has 4 N–H and O–H groups in total. The topological polar surface area (TPSA) is 53.8 Å². The lowest BCUT2D eigenvalue weighted by molar-refractivity contribution is 0.542. The number of nitrogen functional groups attached to an aromatic ring is 1. The molecular formula is C14H18ClN3. The van der Waals surface area contributed by atoms with Crippen molar-refractivity contribution in [3.8, 4) is 0 Å². The van der Waals surface area contributed by atoms with Crippen molar-refractivity contribution in [3.05, 3.63) is 47.2 Å². The first-order valence-corrected chi connectivity index (χ1v) is 6.29. The van der Waals surface area contributed by atoms with Gasteiger partial charge in [-0.25, -0.2) is 0 Å². The van der Waals surface area contributed by atoms with Gasteiger partial charge in [0.2, 0.25) is 0 Å². The summed E-state index contributed by atoms with van der Waals surface area (Å²) in [5.74, 6) is 0. The van der Waals surface area contributed by atoms with Crippen molar-refractivity contribution in [1.82, 2.24) is 4.98 Å². The molecule has 18 heavy (non-hydrogen) atoms. The van der Waals surface area contributed by atoms with Crippen LogP contribution in [0.25, 0.3) is 0 Å². The van der Waals surface area contributed by atoms with Gasteiger partial charge in [-0.15, -0.1) is 0 Å². The van der Waals surface area contributed by atoms with E-state index in [9.17, 15) is 0 Å². The molecule has 0 fully saturated rings. The number of H-pyrrole nitrogens is 1. The van der Waals surface area contributed by atoms with E-state index in [-0.39, 0.29) is 5.41 Å². The Kier molecular flexibility index (Phi) is 3.53. The number of hydrogen-bond donors (Lipinski definition) is 3. The van der Waals surface area contributed by atoms with E-state index in [2.05, 4.69) is 30.2 Å². The second-order valence-corrected chi connectivity index (χ2v) is 5.49. The molecule has 0 unspecified atom stereocenters. The lowest BCUT2D eigenvalue weighted by atomic mass is 9.89. The standard InChI is InChI=1S/C14H18ClN3/c1-14(2,13-4-3-7-17-13)9-18-12-8-10(15)5-6-11(12)16/h3-8,17-18H,9,16H2,1-2H3. The molecule has 3 nitrogen and oxygen atoms in total. The van der Waals surface area contributed by atoms with Crippen LogP contribution in [-0.2, 0) is 5.41 Å². The minimum atomic E-state index is -0.00173. The molecule has 2 aromatic rings. The summed E-state index contributed by atoms with van der Waals surface area (Å²) in [6.45, 7) is 5.12. The summed E-state index contributed by atoms with van der Waals surface area (Å²) in [6, 6.07) is 9.54. The molecule has 0 saturated heterocycles. The first-order chi connectivity index (χ1) is 8.49. The summed E-state index contributed by atoms with van der Waals surface area (Å²) in [5.41, 5.74) is 8.68. The maximum absolute atomic E-state index is 5.96. The van der Waals surface area contributed by atoms with Gasteiger partial charge in [0.15, 0.2) is 0 Å². The summed E-state index contributed by atoms with van der Waals surface area (Å²) in [7, 11) is 0. The van der Waals surface area contributed by atoms with Gasteiger partial charge in [0.1, 0.15) is 0 Å². The summed E-state index contributed by atoms with van der Waals surface area (Å²) in [5, 5.41) is 4.04. The molecule has 0 aliphatic carbocycles. The summed E-state index contributed by atoms with van der Waals surface area (Å²) >= 11 is 5.96. The van der Waals surface area contributed by atoms with Crippen molar-refractivity contribution >= 4 is 23.0 Å². The van der Waals surface area contributed by atoms with Gasteiger partial charge in [0.05, 0.1) is 11.4 Å². The Balaban J connectivity index is 2.09. The molecule has 0 atom stereocenters. The van der Waals surface area contributed by atoms with E-state index >= 15 is 0 Å². The monoisotopic (exact) mass is 263 g/mol. The third kappa shape index (κ3) is 2.79. The SMILES string of the molecule is CC(C)(CNc1cc(Cl)ccc1N)c1ccc[nH]1. The third-order valence-corrected chi connectivity index (χ3v) is 3.30. The Morgan fingerprint density at radius 1 is 1.33 bits per heavy atom. The number of rotatable bonds is 4. The van der Waals surface area contributed by atoms with E-state index in [1.165, 1.54) is 5.69 Å². The Morgan fingerprint density at radius 2 is 2.11 bits per heavy atom. The van der Waals surface area contributed by atoms with Gasteiger partial charge in [-0.3, -0.25) is 0 Å². The van der Waals surface area contributed by atoms with E-state index in [4.69, 9.17) is 17.3 Å². The lowest BCUT2D eigenvalue weighted by Gasteiger charge is -2.25. The molecule has 4 heteroatoms. The average Bonchev–Trinajstić information content (AvgIpc) is 2.85. The summed E-state index contributed by atoms with van der Waals surface area (Å²) in [4.78, 5) is 3.24. The van der Waals surface area contributed by atoms with Gasteiger partial charge in [0, 0.05) is 28.9 Å². The Labute approximate surface area is 112 Å². The molecule has 0 spiro atoms. The van der Waals surface area contributed by atoms with Crippen LogP contribution in [0.5, 0.6) is 0 Å². The van der Waals surface area contributed by atoms with Gasteiger partial charge in [0.25, 0.3) is 0 Å². The zero-order valence-corrected chi connectivity index (χ0v) is 11.4. The van der Waals surface area contributed by atoms with Gasteiger partial charge in [-0.05, 0) is 30.3 Å². The number of aromatic amines is 1. The summed E-state index contributed by atoms with van der Waals surface area (Å²) < 4.78 is 0. The van der Waals surface area contributed by atoms with Crippen molar-refractivity contribution in [1.29, 1.82) is 0 Å². The largest absolute Gasteiger partial charge is 0.397 e. The lowest BCUT2D eigenvalue weighted by Crippen LogP contribution is -2.28. The zero-order chi connectivity index (χ0) is 13.2. The molecule has 96 valence electrons. The van der Waals surface area contributed by atoms with Crippen LogP contribution in [0.15, 0.2) is 36.5 Å². The summed E-state index contributed by atoms with van der Waals surface area (Å²) in [6.07, 6.45) is 1.94. The van der Waals surface area contributed by atoms with Gasteiger partial charge < -0.3 is 16.0 Å². The second kappa shape index (κ2) is 4.94. The number of aromatic nitrogens is 1. The molecule has 0 aliphatic rings. The van der Waals surface area contributed by atoms with Crippen LogP contribution in [-0.4, -0.2) is 11.5 Å². The first kappa shape index (κ1) is 12.8. The molecule has 1 heterocycles. The number of hydrogen-bond acceptors (Lipinski definition) is 2. The van der Waals surface area contributed by atoms with Crippen LogP contribution in [0.1, 0.15) is 19.5 Å². The molecule has 0 amide bonds. The average molecular weight is 264 g/mol. The Morgan fingerprint density at radius 3 is 2.78 bits per heavy atom. The minimum Gasteiger partial charge on any atom is -0.397 e. The predicted molar refractivity (Wildman–Crippen MR) is 78.2 cm³/mol. The molecular weight excluding hydrogens is 246 g/mol. The Bertz CT molecular complexity index is 518. The van der Waals surface area contributed by atoms with Crippen molar-refractivity contribution < 1.29 is 0 Å². The molecule has 0 aliphatic heterocycles. The fourth-order valence-corrected chi connectivity index (χ4v) is 2.02. The minimum absolute atomic E-state index is 0.00173. The van der Waals surface area contributed by atoms with Crippen LogP contribution < -0.4 is 11.1 Å². The van der Waals surface area contributed by atoms with Crippen LogP contribution in [0.3, 0.4) is 0 Å². The predicted octanol–water partition coefficient (Wildman–Crippen LogP) is 3.64. The number of anilines is 2. The molecule has 1 aromatic heterocycles. The molecule has 2 rings (SSSR count). The van der Waals surface area contributed by atoms with E-state index < -0.39 is 0 Å². The normalized spacial score (nSPS) is 11.5. The highest BCUT2D eigenvalue weighted by Crippen LogP contribution is 2.26. The number of benzene rings is 1. The van der Waals surface area contributed by atoms with Crippen LogP contribution in [0, 0.1) is 0 Å². The zero-order valence-electron chi connectivity index (χ0n) is 10.6. The van der Waals surface area contributed by atoms with Crippen molar-refractivity contribution in [2.45, 2.75) is 19.3 Å². The fraction of sp³-hybridized carbons (Fsp3) is 0.286. The molecule has 1 aromatic carbocycles. The van der Waals surface area contributed by atoms with E-state index in [0.717, 1.165) is 12.2 Å². The third-order valence-electron chi connectivity index (χ3n) is 3.06. The molecule has 0 radical (unpaired) electrons. The first-order valence-electron chi connectivity index (χ1n) is 5.92. The highest BCUT2D eigenvalue weighted by atomic mass is 35.5. The fourth-order valence-electron chi connectivity index (χ4n) is 1.84. The number of nitrogens with two attached hydrogens (primary N) is 1. The van der Waals surface area contributed by atoms with E-state index in [1.807, 2.05) is 24.4 Å². The quantitative estimate of drug-likeness (QED) is 0.738. The van der Waals surface area contributed by atoms with Crippen molar-refractivity contribution in [2.24, 2.45) is 0 Å². The van der Waals surface area contributed by atoms with E-state index in [0.29, 0.717) is 10.7 Å². The van der Waals surface area contributed by atoms with Crippen molar-refractivity contribution in [3.63, 3.8) is 0 Å².